The summed E-state index contributed by atoms with van der Waals surface area (Å²) in [6, 6.07) is 15.3. The van der Waals surface area contributed by atoms with Crippen molar-refractivity contribution >= 4 is 15.9 Å². The highest BCUT2D eigenvalue weighted by molar-refractivity contribution is 7.89. The fourth-order valence-corrected chi connectivity index (χ4v) is 3.19. The summed E-state index contributed by atoms with van der Waals surface area (Å²) in [6.07, 6.45) is 1.93. The molecular formula is C19H24N2O4S. The van der Waals surface area contributed by atoms with Crippen LogP contribution in [0.15, 0.2) is 59.5 Å². The molecule has 6 nitrogen and oxygen atoms in total. The number of amides is 1. The van der Waals surface area contributed by atoms with E-state index in [-0.39, 0.29) is 24.0 Å². The zero-order chi connectivity index (χ0) is 18.8. The SMILES string of the molecule is CCCCNC(=O)COc1ccc(S(=O)(=O)NCc2ccccc2)cc1. The number of hydrogen-bond donors (Lipinski definition) is 2. The predicted octanol–water partition coefficient (Wildman–Crippen LogP) is 2.46. The number of carbonyl (C=O) groups is 1. The minimum absolute atomic E-state index is 0.0952. The van der Waals surface area contributed by atoms with E-state index in [4.69, 9.17) is 4.74 Å². The molecule has 0 atom stereocenters. The normalized spacial score (nSPS) is 11.1. The monoisotopic (exact) mass is 376 g/mol. The highest BCUT2D eigenvalue weighted by atomic mass is 32.2. The number of rotatable bonds is 10. The Balaban J connectivity index is 1.86. The van der Waals surface area contributed by atoms with E-state index >= 15 is 0 Å². The third kappa shape index (κ3) is 6.50. The van der Waals surface area contributed by atoms with Crippen molar-refractivity contribution in [2.45, 2.75) is 31.2 Å². The molecule has 0 radical (unpaired) electrons. The fourth-order valence-electron chi connectivity index (χ4n) is 2.18. The van der Waals surface area contributed by atoms with Crippen LogP contribution in [0.4, 0.5) is 0 Å². The molecule has 2 rings (SSSR count). The molecular weight excluding hydrogens is 352 g/mol. The quantitative estimate of drug-likeness (QED) is 0.624. The first-order valence-corrected chi connectivity index (χ1v) is 10.0. The predicted molar refractivity (Wildman–Crippen MR) is 100 cm³/mol. The third-order valence-electron chi connectivity index (χ3n) is 3.67. The van der Waals surface area contributed by atoms with Crippen molar-refractivity contribution < 1.29 is 17.9 Å². The van der Waals surface area contributed by atoms with Crippen LogP contribution < -0.4 is 14.8 Å². The molecule has 0 saturated carbocycles. The van der Waals surface area contributed by atoms with Crippen molar-refractivity contribution in [3.05, 3.63) is 60.2 Å². The lowest BCUT2D eigenvalue weighted by molar-refractivity contribution is -0.123. The molecule has 26 heavy (non-hydrogen) atoms. The van der Waals surface area contributed by atoms with Crippen LogP contribution in [-0.4, -0.2) is 27.5 Å². The average Bonchev–Trinajstić information content (AvgIpc) is 2.66. The second kappa shape index (κ2) is 9.94. The summed E-state index contributed by atoms with van der Waals surface area (Å²) in [4.78, 5) is 11.7. The molecule has 0 saturated heterocycles. The van der Waals surface area contributed by atoms with E-state index in [1.807, 2.05) is 37.3 Å². The minimum Gasteiger partial charge on any atom is -0.484 e. The molecule has 2 aromatic carbocycles. The van der Waals surface area contributed by atoms with Gasteiger partial charge >= 0.3 is 0 Å². The van der Waals surface area contributed by atoms with Gasteiger partial charge in [0.15, 0.2) is 6.61 Å². The van der Waals surface area contributed by atoms with Crippen molar-refractivity contribution in [2.24, 2.45) is 0 Å². The molecule has 2 N–H and O–H groups in total. The fraction of sp³-hybridized carbons (Fsp3) is 0.316. The van der Waals surface area contributed by atoms with Gasteiger partial charge in [-0.3, -0.25) is 4.79 Å². The zero-order valence-electron chi connectivity index (χ0n) is 14.8. The molecule has 140 valence electrons. The molecule has 2 aromatic rings. The molecule has 0 aliphatic rings. The van der Waals surface area contributed by atoms with Crippen LogP contribution in [0.2, 0.25) is 0 Å². The van der Waals surface area contributed by atoms with Crippen LogP contribution >= 0.6 is 0 Å². The summed E-state index contributed by atoms with van der Waals surface area (Å²) in [7, 11) is -3.61. The lowest BCUT2D eigenvalue weighted by Crippen LogP contribution is -2.29. The Kier molecular flexibility index (Phi) is 7.62. The number of carbonyl (C=O) groups excluding carboxylic acids is 1. The van der Waals surface area contributed by atoms with Crippen LogP contribution in [0, 0.1) is 0 Å². The van der Waals surface area contributed by atoms with Gasteiger partial charge in [-0.2, -0.15) is 0 Å². The number of sulfonamides is 1. The summed E-state index contributed by atoms with van der Waals surface area (Å²) in [5.41, 5.74) is 0.880. The minimum atomic E-state index is -3.61. The Morgan fingerprint density at radius 1 is 1.04 bits per heavy atom. The maximum atomic E-state index is 12.3. The van der Waals surface area contributed by atoms with Gasteiger partial charge in [-0.15, -0.1) is 0 Å². The number of hydrogen-bond acceptors (Lipinski definition) is 4. The van der Waals surface area contributed by atoms with E-state index in [1.54, 1.807) is 0 Å². The number of unbranched alkanes of at least 4 members (excludes halogenated alkanes) is 1. The first-order valence-electron chi connectivity index (χ1n) is 8.54. The smallest absolute Gasteiger partial charge is 0.257 e. The van der Waals surface area contributed by atoms with Gasteiger partial charge in [-0.05, 0) is 36.2 Å². The van der Waals surface area contributed by atoms with E-state index in [9.17, 15) is 13.2 Å². The zero-order valence-corrected chi connectivity index (χ0v) is 15.6. The summed E-state index contributed by atoms with van der Waals surface area (Å²) in [5.74, 6) is 0.248. The molecule has 0 aliphatic carbocycles. The topological polar surface area (TPSA) is 84.5 Å². The van der Waals surface area contributed by atoms with Crippen molar-refractivity contribution in [2.75, 3.05) is 13.2 Å². The molecule has 0 spiro atoms. The summed E-state index contributed by atoms with van der Waals surface area (Å²) in [5, 5.41) is 2.75. The highest BCUT2D eigenvalue weighted by Gasteiger charge is 2.13. The molecule has 1 amide bonds. The second-order valence-corrected chi connectivity index (χ2v) is 7.54. The van der Waals surface area contributed by atoms with Gasteiger partial charge in [0.05, 0.1) is 4.90 Å². The summed E-state index contributed by atoms with van der Waals surface area (Å²) < 4.78 is 32.6. The van der Waals surface area contributed by atoms with E-state index < -0.39 is 10.0 Å². The number of nitrogens with one attached hydrogen (secondary N) is 2. The molecule has 0 heterocycles. The summed E-state index contributed by atoms with van der Waals surface area (Å²) >= 11 is 0. The Bertz CT molecular complexity index is 790. The van der Waals surface area contributed by atoms with Gasteiger partial charge in [0.25, 0.3) is 5.91 Å². The van der Waals surface area contributed by atoms with Gasteiger partial charge in [0.1, 0.15) is 5.75 Å². The maximum Gasteiger partial charge on any atom is 0.257 e. The lowest BCUT2D eigenvalue weighted by Gasteiger charge is -2.09. The number of ether oxygens (including phenoxy) is 1. The molecule has 0 fully saturated rings. The van der Waals surface area contributed by atoms with Crippen LogP contribution in [-0.2, 0) is 21.4 Å². The first kappa shape index (κ1) is 19.9. The van der Waals surface area contributed by atoms with Crippen LogP contribution in [0.3, 0.4) is 0 Å². The van der Waals surface area contributed by atoms with Crippen molar-refractivity contribution in [1.82, 2.24) is 10.0 Å². The van der Waals surface area contributed by atoms with E-state index in [0.29, 0.717) is 12.3 Å². The standard InChI is InChI=1S/C19H24N2O4S/c1-2-3-13-20-19(22)15-25-17-9-11-18(12-10-17)26(23,24)21-14-16-7-5-4-6-8-16/h4-12,21H,2-3,13-15H2,1H3,(H,20,22). The molecule has 0 unspecified atom stereocenters. The first-order chi connectivity index (χ1) is 12.5. The van der Waals surface area contributed by atoms with E-state index in [0.717, 1.165) is 18.4 Å². The Labute approximate surface area is 154 Å². The summed E-state index contributed by atoms with van der Waals surface area (Å²) in [6.45, 7) is 2.80. The van der Waals surface area contributed by atoms with Gasteiger partial charge in [0.2, 0.25) is 10.0 Å². The second-order valence-electron chi connectivity index (χ2n) is 5.77. The molecule has 0 aromatic heterocycles. The Morgan fingerprint density at radius 3 is 2.38 bits per heavy atom. The van der Waals surface area contributed by atoms with Crippen molar-refractivity contribution in [3.63, 3.8) is 0 Å². The average molecular weight is 376 g/mol. The third-order valence-corrected chi connectivity index (χ3v) is 5.08. The molecule has 0 bridgehead atoms. The largest absolute Gasteiger partial charge is 0.484 e. The highest BCUT2D eigenvalue weighted by Crippen LogP contribution is 2.16. The van der Waals surface area contributed by atoms with Crippen LogP contribution in [0.5, 0.6) is 5.75 Å². The van der Waals surface area contributed by atoms with Crippen molar-refractivity contribution in [3.8, 4) is 5.75 Å². The van der Waals surface area contributed by atoms with Gasteiger partial charge in [-0.25, -0.2) is 13.1 Å². The van der Waals surface area contributed by atoms with Gasteiger partial charge < -0.3 is 10.1 Å². The van der Waals surface area contributed by atoms with E-state index in [1.165, 1.54) is 24.3 Å². The number of benzene rings is 2. The van der Waals surface area contributed by atoms with E-state index in [2.05, 4.69) is 10.0 Å². The Hall–Kier alpha value is -2.38. The van der Waals surface area contributed by atoms with Crippen LogP contribution in [0.25, 0.3) is 0 Å². The lowest BCUT2D eigenvalue weighted by atomic mass is 10.2. The molecule has 0 aliphatic heterocycles. The van der Waals surface area contributed by atoms with Crippen LogP contribution in [0.1, 0.15) is 25.3 Å². The van der Waals surface area contributed by atoms with Gasteiger partial charge in [-0.1, -0.05) is 43.7 Å². The Morgan fingerprint density at radius 2 is 1.73 bits per heavy atom. The molecule has 7 heteroatoms. The maximum absolute atomic E-state index is 12.3. The van der Waals surface area contributed by atoms with Crippen molar-refractivity contribution in [1.29, 1.82) is 0 Å². The van der Waals surface area contributed by atoms with Gasteiger partial charge in [0, 0.05) is 13.1 Å².